The van der Waals surface area contributed by atoms with Crippen LogP contribution in [0, 0.1) is 5.41 Å². The number of aromatic nitrogens is 1. The number of nitrogens with zero attached hydrogens (tertiary/aromatic N) is 2. The zero-order valence-electron chi connectivity index (χ0n) is 11.6. The number of hydrogen-bond acceptors (Lipinski definition) is 5. The van der Waals surface area contributed by atoms with E-state index in [0.29, 0.717) is 5.92 Å². The van der Waals surface area contributed by atoms with Crippen molar-refractivity contribution in [3.05, 3.63) is 15.6 Å². The molecule has 106 valence electrons. The van der Waals surface area contributed by atoms with Crippen molar-refractivity contribution >= 4 is 17.2 Å². The van der Waals surface area contributed by atoms with E-state index in [9.17, 15) is 0 Å². The smallest absolute Gasteiger partial charge is 0.135 e. The largest absolute Gasteiger partial charge is 0.383 e. The third-order valence-electron chi connectivity index (χ3n) is 3.23. The van der Waals surface area contributed by atoms with E-state index in [1.165, 1.54) is 0 Å². The summed E-state index contributed by atoms with van der Waals surface area (Å²) >= 11 is 1.57. The number of nitrogen functional groups attached to an aromatic ring is 1. The average Bonchev–Trinajstić information content (AvgIpc) is 2.82. The van der Waals surface area contributed by atoms with Gasteiger partial charge >= 0.3 is 0 Å². The fraction of sp³-hybridized carbons (Fsp3) is 0.692. The van der Waals surface area contributed by atoms with E-state index in [-0.39, 0.29) is 5.84 Å². The summed E-state index contributed by atoms with van der Waals surface area (Å²) in [6.45, 7) is 8.85. The Labute approximate surface area is 118 Å². The SMILES string of the molecule is CC(C)c1nc(CCN2CCOCC2)sc1C(=N)N. The highest BCUT2D eigenvalue weighted by Gasteiger charge is 2.17. The van der Waals surface area contributed by atoms with Gasteiger partial charge in [0.1, 0.15) is 5.84 Å². The molecule has 3 N–H and O–H groups in total. The molecule has 1 aliphatic heterocycles. The van der Waals surface area contributed by atoms with Gasteiger partial charge in [-0.1, -0.05) is 13.8 Å². The average molecular weight is 282 g/mol. The monoisotopic (exact) mass is 282 g/mol. The summed E-state index contributed by atoms with van der Waals surface area (Å²) in [5.41, 5.74) is 6.60. The van der Waals surface area contributed by atoms with Crippen LogP contribution in [0.2, 0.25) is 0 Å². The summed E-state index contributed by atoms with van der Waals surface area (Å²) in [4.78, 5) is 7.89. The zero-order chi connectivity index (χ0) is 13.8. The molecule has 0 aliphatic carbocycles. The molecule has 1 aliphatic rings. The van der Waals surface area contributed by atoms with Gasteiger partial charge in [0.25, 0.3) is 0 Å². The first-order chi connectivity index (χ1) is 9.08. The van der Waals surface area contributed by atoms with Crippen LogP contribution in [0.5, 0.6) is 0 Å². The van der Waals surface area contributed by atoms with Gasteiger partial charge in [0.15, 0.2) is 0 Å². The standard InChI is InChI=1S/C13H22N4OS/c1-9(2)11-12(13(14)15)19-10(16-11)3-4-17-5-7-18-8-6-17/h9H,3-8H2,1-2H3,(H3,14,15). The summed E-state index contributed by atoms with van der Waals surface area (Å²) in [5, 5.41) is 8.72. The summed E-state index contributed by atoms with van der Waals surface area (Å²) < 4.78 is 5.34. The van der Waals surface area contributed by atoms with Crippen molar-refractivity contribution in [2.24, 2.45) is 5.73 Å². The van der Waals surface area contributed by atoms with Gasteiger partial charge in [0.2, 0.25) is 0 Å². The highest BCUT2D eigenvalue weighted by Crippen LogP contribution is 2.25. The zero-order valence-corrected chi connectivity index (χ0v) is 12.4. The topological polar surface area (TPSA) is 75.2 Å². The van der Waals surface area contributed by atoms with E-state index < -0.39 is 0 Å². The minimum absolute atomic E-state index is 0.138. The summed E-state index contributed by atoms with van der Waals surface area (Å²) in [5.74, 6) is 0.450. The van der Waals surface area contributed by atoms with E-state index in [4.69, 9.17) is 15.9 Å². The predicted octanol–water partition coefficient (Wildman–Crippen LogP) is 1.43. The van der Waals surface area contributed by atoms with Crippen molar-refractivity contribution < 1.29 is 4.74 Å². The number of rotatable bonds is 5. The summed E-state index contributed by atoms with van der Waals surface area (Å²) in [7, 11) is 0. The fourth-order valence-electron chi connectivity index (χ4n) is 2.15. The van der Waals surface area contributed by atoms with Gasteiger partial charge in [-0.05, 0) is 5.92 Å². The Hall–Kier alpha value is -0.980. The number of hydrogen-bond donors (Lipinski definition) is 2. The van der Waals surface area contributed by atoms with Crippen LogP contribution in [-0.4, -0.2) is 48.6 Å². The minimum atomic E-state index is 0.138. The number of morpholine rings is 1. The first-order valence-corrected chi connectivity index (χ1v) is 7.53. The Morgan fingerprint density at radius 2 is 2.16 bits per heavy atom. The Morgan fingerprint density at radius 1 is 1.47 bits per heavy atom. The van der Waals surface area contributed by atoms with Crippen LogP contribution in [-0.2, 0) is 11.2 Å². The van der Waals surface area contributed by atoms with Gasteiger partial charge < -0.3 is 10.5 Å². The molecule has 2 heterocycles. The maximum atomic E-state index is 7.63. The molecule has 0 amide bonds. The number of ether oxygens (including phenoxy) is 1. The molecule has 0 aromatic carbocycles. The van der Waals surface area contributed by atoms with E-state index in [1.807, 2.05) is 0 Å². The summed E-state index contributed by atoms with van der Waals surface area (Å²) in [6, 6.07) is 0. The van der Waals surface area contributed by atoms with Crippen LogP contribution in [0.4, 0.5) is 0 Å². The molecule has 1 saturated heterocycles. The minimum Gasteiger partial charge on any atom is -0.383 e. The van der Waals surface area contributed by atoms with Gasteiger partial charge in [-0.25, -0.2) is 4.98 Å². The number of amidine groups is 1. The van der Waals surface area contributed by atoms with Crippen molar-refractivity contribution in [1.29, 1.82) is 5.41 Å². The lowest BCUT2D eigenvalue weighted by atomic mass is 10.1. The van der Waals surface area contributed by atoms with Crippen LogP contribution in [0.1, 0.15) is 35.3 Å². The molecular formula is C13H22N4OS. The molecule has 0 bridgehead atoms. The highest BCUT2D eigenvalue weighted by atomic mass is 32.1. The molecule has 0 atom stereocenters. The molecule has 1 fully saturated rings. The third-order valence-corrected chi connectivity index (χ3v) is 4.40. The van der Waals surface area contributed by atoms with Gasteiger partial charge in [-0.3, -0.25) is 10.3 Å². The summed E-state index contributed by atoms with van der Waals surface area (Å²) in [6.07, 6.45) is 0.928. The highest BCUT2D eigenvalue weighted by molar-refractivity contribution is 7.13. The van der Waals surface area contributed by atoms with Crippen LogP contribution in [0.15, 0.2) is 0 Å². The first-order valence-electron chi connectivity index (χ1n) is 6.72. The van der Waals surface area contributed by atoms with E-state index >= 15 is 0 Å². The lowest BCUT2D eigenvalue weighted by molar-refractivity contribution is 0.0384. The molecular weight excluding hydrogens is 260 g/mol. The van der Waals surface area contributed by atoms with E-state index in [0.717, 1.165) is 54.8 Å². The normalized spacial score (nSPS) is 17.0. The number of nitrogens with two attached hydrogens (primary N) is 1. The Kier molecular flexibility index (Phi) is 4.90. The maximum Gasteiger partial charge on any atom is 0.135 e. The third kappa shape index (κ3) is 3.75. The van der Waals surface area contributed by atoms with Crippen LogP contribution in [0.3, 0.4) is 0 Å². The second-order valence-corrected chi connectivity index (χ2v) is 6.18. The van der Waals surface area contributed by atoms with E-state index in [2.05, 4.69) is 23.7 Å². The van der Waals surface area contributed by atoms with Crippen LogP contribution >= 0.6 is 11.3 Å². The maximum absolute atomic E-state index is 7.63. The van der Waals surface area contributed by atoms with Gasteiger partial charge in [-0.15, -0.1) is 11.3 Å². The molecule has 2 rings (SSSR count). The van der Waals surface area contributed by atoms with E-state index in [1.54, 1.807) is 11.3 Å². The second kappa shape index (κ2) is 6.45. The molecule has 6 heteroatoms. The van der Waals surface area contributed by atoms with Gasteiger partial charge in [-0.2, -0.15) is 0 Å². The van der Waals surface area contributed by atoms with Crippen LogP contribution < -0.4 is 5.73 Å². The lowest BCUT2D eigenvalue weighted by Gasteiger charge is -2.25. The van der Waals surface area contributed by atoms with Gasteiger partial charge in [0.05, 0.1) is 28.8 Å². The van der Waals surface area contributed by atoms with Crippen LogP contribution in [0.25, 0.3) is 0 Å². The second-order valence-electron chi connectivity index (χ2n) is 5.09. The molecule has 0 radical (unpaired) electrons. The van der Waals surface area contributed by atoms with Crippen molar-refractivity contribution in [2.75, 3.05) is 32.8 Å². The van der Waals surface area contributed by atoms with Crippen molar-refractivity contribution in [3.63, 3.8) is 0 Å². The Balaban J connectivity index is 2.00. The van der Waals surface area contributed by atoms with Crippen molar-refractivity contribution in [3.8, 4) is 0 Å². The number of thiazole rings is 1. The molecule has 19 heavy (non-hydrogen) atoms. The quantitative estimate of drug-likeness (QED) is 0.633. The molecule has 0 spiro atoms. The lowest BCUT2D eigenvalue weighted by Crippen LogP contribution is -2.37. The van der Waals surface area contributed by atoms with Crippen molar-refractivity contribution in [1.82, 2.24) is 9.88 Å². The molecule has 1 aromatic heterocycles. The number of nitrogens with one attached hydrogen (secondary N) is 1. The molecule has 0 unspecified atom stereocenters. The molecule has 5 nitrogen and oxygen atoms in total. The Morgan fingerprint density at radius 3 is 2.68 bits per heavy atom. The molecule has 1 aromatic rings. The van der Waals surface area contributed by atoms with Gasteiger partial charge in [0, 0.05) is 26.1 Å². The predicted molar refractivity (Wildman–Crippen MR) is 78.2 cm³/mol. The van der Waals surface area contributed by atoms with Crippen molar-refractivity contribution in [2.45, 2.75) is 26.2 Å². The molecule has 0 saturated carbocycles. The first kappa shape index (κ1) is 14.4. The Bertz CT molecular complexity index is 438. The fourth-order valence-corrected chi connectivity index (χ4v) is 3.22.